The third-order valence-electron chi connectivity index (χ3n) is 2.52. The maximum atomic E-state index is 5.63. The molecule has 3 aromatic rings. The summed E-state index contributed by atoms with van der Waals surface area (Å²) in [6.45, 7) is 2.83. The summed E-state index contributed by atoms with van der Waals surface area (Å²) in [6, 6.07) is 0. The van der Waals surface area contributed by atoms with Crippen LogP contribution in [0.25, 0.3) is 11.2 Å². The predicted molar refractivity (Wildman–Crippen MR) is 67.3 cm³/mol. The van der Waals surface area contributed by atoms with E-state index in [9.17, 15) is 0 Å². The Balaban J connectivity index is 2.00. The standard InChI is InChI=1S/C10H12N8/c1-2-18-4-6(3-14-18)15-9-7-8(13-5-12-7)16-10(11)17-9/h3-5H,2H2,1H3,(H4,11,12,13,15,16,17). The van der Waals surface area contributed by atoms with E-state index in [2.05, 4.69) is 30.4 Å². The molecule has 92 valence electrons. The number of anilines is 3. The van der Waals surface area contributed by atoms with Gasteiger partial charge in [-0.05, 0) is 6.92 Å². The molecular weight excluding hydrogens is 232 g/mol. The van der Waals surface area contributed by atoms with Gasteiger partial charge in [-0.1, -0.05) is 0 Å². The molecule has 0 radical (unpaired) electrons. The molecule has 3 aromatic heterocycles. The molecule has 0 unspecified atom stereocenters. The molecule has 18 heavy (non-hydrogen) atoms. The number of aromatic nitrogens is 6. The van der Waals surface area contributed by atoms with Crippen molar-refractivity contribution >= 4 is 28.6 Å². The molecule has 0 atom stereocenters. The fraction of sp³-hybridized carbons (Fsp3) is 0.200. The molecule has 8 nitrogen and oxygen atoms in total. The molecule has 0 aliphatic rings. The maximum Gasteiger partial charge on any atom is 0.224 e. The van der Waals surface area contributed by atoms with E-state index < -0.39 is 0 Å². The lowest BCUT2D eigenvalue weighted by Gasteiger charge is -2.03. The van der Waals surface area contributed by atoms with Crippen molar-refractivity contribution in [1.82, 2.24) is 29.7 Å². The van der Waals surface area contributed by atoms with Gasteiger partial charge in [-0.15, -0.1) is 0 Å². The van der Waals surface area contributed by atoms with E-state index in [0.717, 1.165) is 12.2 Å². The fourth-order valence-corrected chi connectivity index (χ4v) is 1.68. The van der Waals surface area contributed by atoms with Crippen molar-refractivity contribution in [2.75, 3.05) is 11.1 Å². The van der Waals surface area contributed by atoms with E-state index >= 15 is 0 Å². The second-order valence-corrected chi connectivity index (χ2v) is 3.74. The summed E-state index contributed by atoms with van der Waals surface area (Å²) in [4.78, 5) is 15.2. The number of nitrogens with one attached hydrogen (secondary N) is 2. The van der Waals surface area contributed by atoms with Crippen molar-refractivity contribution in [1.29, 1.82) is 0 Å². The molecular formula is C10H12N8. The number of H-pyrrole nitrogens is 1. The molecule has 0 amide bonds. The number of nitrogens with two attached hydrogens (primary N) is 1. The summed E-state index contributed by atoms with van der Waals surface area (Å²) in [5.74, 6) is 0.769. The normalized spacial score (nSPS) is 10.9. The van der Waals surface area contributed by atoms with Crippen LogP contribution in [-0.4, -0.2) is 29.7 Å². The first kappa shape index (κ1) is 10.5. The highest BCUT2D eigenvalue weighted by Gasteiger charge is 2.09. The number of hydrogen-bond acceptors (Lipinski definition) is 6. The molecule has 0 saturated heterocycles. The van der Waals surface area contributed by atoms with E-state index in [1.807, 2.05) is 17.8 Å². The van der Waals surface area contributed by atoms with Gasteiger partial charge in [0, 0.05) is 12.7 Å². The van der Waals surface area contributed by atoms with Gasteiger partial charge in [0.25, 0.3) is 0 Å². The van der Waals surface area contributed by atoms with E-state index in [1.165, 1.54) is 0 Å². The highest BCUT2D eigenvalue weighted by Crippen LogP contribution is 2.21. The van der Waals surface area contributed by atoms with Crippen LogP contribution in [0, 0.1) is 0 Å². The van der Waals surface area contributed by atoms with Crippen LogP contribution in [0.15, 0.2) is 18.7 Å². The van der Waals surface area contributed by atoms with Gasteiger partial charge in [0.1, 0.15) is 5.52 Å². The van der Waals surface area contributed by atoms with Gasteiger partial charge in [0.2, 0.25) is 5.95 Å². The minimum absolute atomic E-state index is 0.181. The van der Waals surface area contributed by atoms with Crippen LogP contribution in [-0.2, 0) is 6.54 Å². The molecule has 0 aliphatic carbocycles. The van der Waals surface area contributed by atoms with Crippen LogP contribution in [0.4, 0.5) is 17.5 Å². The lowest BCUT2D eigenvalue weighted by Crippen LogP contribution is -2.01. The Hall–Kier alpha value is -2.64. The van der Waals surface area contributed by atoms with Gasteiger partial charge in [-0.3, -0.25) is 4.68 Å². The van der Waals surface area contributed by atoms with E-state index in [4.69, 9.17) is 5.73 Å². The Morgan fingerprint density at radius 1 is 1.44 bits per heavy atom. The van der Waals surface area contributed by atoms with Gasteiger partial charge in [0.15, 0.2) is 11.5 Å². The summed E-state index contributed by atoms with van der Waals surface area (Å²) in [5, 5.41) is 7.32. The molecule has 0 spiro atoms. The summed E-state index contributed by atoms with van der Waals surface area (Å²) >= 11 is 0. The highest BCUT2D eigenvalue weighted by atomic mass is 15.3. The van der Waals surface area contributed by atoms with Gasteiger partial charge in [-0.25, -0.2) is 4.98 Å². The minimum Gasteiger partial charge on any atom is -0.368 e. The third kappa shape index (κ3) is 1.73. The maximum absolute atomic E-state index is 5.63. The number of nitrogen functional groups attached to an aromatic ring is 1. The van der Waals surface area contributed by atoms with Gasteiger partial charge in [0.05, 0.1) is 18.2 Å². The van der Waals surface area contributed by atoms with E-state index in [0.29, 0.717) is 17.0 Å². The van der Waals surface area contributed by atoms with Crippen molar-refractivity contribution in [2.24, 2.45) is 0 Å². The Morgan fingerprint density at radius 2 is 2.33 bits per heavy atom. The smallest absolute Gasteiger partial charge is 0.224 e. The average Bonchev–Trinajstić information content (AvgIpc) is 2.97. The number of imidazole rings is 1. The molecule has 3 rings (SSSR count). The molecule has 8 heteroatoms. The zero-order valence-electron chi connectivity index (χ0n) is 9.75. The second kappa shape index (κ2) is 3.99. The Bertz CT molecular complexity index is 682. The first-order valence-electron chi connectivity index (χ1n) is 5.52. The minimum atomic E-state index is 0.181. The van der Waals surface area contributed by atoms with Crippen molar-refractivity contribution in [3.63, 3.8) is 0 Å². The molecule has 0 aromatic carbocycles. The Kier molecular flexibility index (Phi) is 2.33. The zero-order valence-corrected chi connectivity index (χ0v) is 9.75. The molecule has 0 aliphatic heterocycles. The predicted octanol–water partition coefficient (Wildman–Crippen LogP) is 0.895. The number of aromatic amines is 1. The summed E-state index contributed by atoms with van der Waals surface area (Å²) in [7, 11) is 0. The first-order valence-corrected chi connectivity index (χ1v) is 5.52. The largest absolute Gasteiger partial charge is 0.368 e. The number of fused-ring (bicyclic) bond motifs is 1. The molecule has 0 saturated carbocycles. The van der Waals surface area contributed by atoms with E-state index in [1.54, 1.807) is 12.5 Å². The number of nitrogens with zero attached hydrogens (tertiary/aromatic N) is 5. The van der Waals surface area contributed by atoms with Crippen LogP contribution in [0.1, 0.15) is 6.92 Å². The third-order valence-corrected chi connectivity index (χ3v) is 2.52. The van der Waals surface area contributed by atoms with Crippen LogP contribution in [0.3, 0.4) is 0 Å². The lowest BCUT2D eigenvalue weighted by atomic mass is 10.4. The lowest BCUT2D eigenvalue weighted by molar-refractivity contribution is 0.660. The van der Waals surface area contributed by atoms with Crippen molar-refractivity contribution < 1.29 is 0 Å². The summed E-state index contributed by atoms with van der Waals surface area (Å²) < 4.78 is 1.82. The number of rotatable bonds is 3. The molecule has 4 N–H and O–H groups in total. The molecule has 0 fully saturated rings. The number of aryl methyl sites for hydroxylation is 1. The monoisotopic (exact) mass is 244 g/mol. The van der Waals surface area contributed by atoms with Crippen LogP contribution >= 0.6 is 0 Å². The Morgan fingerprint density at radius 3 is 3.11 bits per heavy atom. The quantitative estimate of drug-likeness (QED) is 0.631. The molecule has 0 bridgehead atoms. The van der Waals surface area contributed by atoms with Gasteiger partial charge < -0.3 is 16.0 Å². The zero-order chi connectivity index (χ0) is 12.5. The van der Waals surface area contributed by atoms with E-state index in [-0.39, 0.29) is 5.95 Å². The summed E-state index contributed by atoms with van der Waals surface area (Å²) in [6.07, 6.45) is 5.17. The van der Waals surface area contributed by atoms with Crippen LogP contribution < -0.4 is 11.1 Å². The highest BCUT2D eigenvalue weighted by molar-refractivity contribution is 5.85. The van der Waals surface area contributed by atoms with Crippen molar-refractivity contribution in [2.45, 2.75) is 13.5 Å². The Labute approximate surface area is 102 Å². The van der Waals surface area contributed by atoms with Gasteiger partial charge in [-0.2, -0.15) is 15.1 Å². The first-order chi connectivity index (χ1) is 8.76. The average molecular weight is 244 g/mol. The fourth-order valence-electron chi connectivity index (χ4n) is 1.68. The van der Waals surface area contributed by atoms with Crippen molar-refractivity contribution in [3.8, 4) is 0 Å². The molecule has 3 heterocycles. The van der Waals surface area contributed by atoms with Crippen LogP contribution in [0.2, 0.25) is 0 Å². The van der Waals surface area contributed by atoms with Gasteiger partial charge >= 0.3 is 0 Å². The van der Waals surface area contributed by atoms with Crippen molar-refractivity contribution in [3.05, 3.63) is 18.7 Å². The topological polar surface area (TPSA) is 110 Å². The summed E-state index contributed by atoms with van der Waals surface area (Å²) in [5.41, 5.74) is 7.72. The van der Waals surface area contributed by atoms with Crippen LogP contribution in [0.5, 0.6) is 0 Å². The SMILES string of the molecule is CCn1cc(Nc2nc(N)nc3nc[nH]c23)cn1. The second-order valence-electron chi connectivity index (χ2n) is 3.74. The number of hydrogen-bond donors (Lipinski definition) is 3.